The van der Waals surface area contributed by atoms with Gasteiger partial charge in [-0.1, -0.05) is 36.4 Å². The van der Waals surface area contributed by atoms with Gasteiger partial charge in [0, 0.05) is 5.56 Å². The van der Waals surface area contributed by atoms with Crippen LogP contribution in [0.1, 0.15) is 36.0 Å². The first kappa shape index (κ1) is 16.4. The molecule has 0 N–H and O–H groups in total. The fraction of sp³-hybridized carbons (Fsp3) is 0.444. The third-order valence-corrected chi connectivity index (χ3v) is 4.38. The Bertz CT molecular complexity index is 541. The standard InChI is InChI=1S/C18H23NO3/c1-3-4-11-18(17(21)22-2)12-8-13-19(18)14-16(20)15-9-6-5-7-10-15/h3,5-7,9-10H,1,4,8,11-14H2,2H3. The molecule has 1 aromatic rings. The van der Waals surface area contributed by atoms with Crippen molar-refractivity contribution in [2.75, 3.05) is 20.2 Å². The lowest BCUT2D eigenvalue weighted by Gasteiger charge is -2.35. The van der Waals surface area contributed by atoms with Gasteiger partial charge in [-0.2, -0.15) is 0 Å². The third-order valence-electron chi connectivity index (χ3n) is 4.38. The summed E-state index contributed by atoms with van der Waals surface area (Å²) in [5, 5.41) is 0. The van der Waals surface area contributed by atoms with Crippen LogP contribution in [0.15, 0.2) is 43.0 Å². The number of likely N-dealkylation sites (tertiary alicyclic amines) is 1. The van der Waals surface area contributed by atoms with E-state index in [0.29, 0.717) is 12.0 Å². The predicted octanol–water partition coefficient (Wildman–Crippen LogP) is 2.84. The molecular weight excluding hydrogens is 278 g/mol. The lowest BCUT2D eigenvalue weighted by Crippen LogP contribution is -2.52. The minimum atomic E-state index is -0.687. The Kier molecular flexibility index (Phi) is 5.50. The summed E-state index contributed by atoms with van der Waals surface area (Å²) in [5.74, 6) is -0.206. The normalized spacial score (nSPS) is 21.5. The fourth-order valence-electron chi connectivity index (χ4n) is 3.20. The van der Waals surface area contributed by atoms with Gasteiger partial charge in [0.2, 0.25) is 0 Å². The summed E-state index contributed by atoms with van der Waals surface area (Å²) in [6.07, 6.45) is 4.81. The van der Waals surface area contributed by atoms with E-state index in [9.17, 15) is 9.59 Å². The van der Waals surface area contributed by atoms with Gasteiger partial charge >= 0.3 is 5.97 Å². The zero-order valence-electron chi connectivity index (χ0n) is 13.1. The molecule has 1 heterocycles. The van der Waals surface area contributed by atoms with E-state index in [-0.39, 0.29) is 18.3 Å². The molecule has 0 aromatic heterocycles. The average molecular weight is 301 g/mol. The van der Waals surface area contributed by atoms with Gasteiger partial charge in [0.05, 0.1) is 13.7 Å². The van der Waals surface area contributed by atoms with Gasteiger partial charge in [-0.15, -0.1) is 6.58 Å². The number of nitrogens with zero attached hydrogens (tertiary/aromatic N) is 1. The quantitative estimate of drug-likeness (QED) is 0.441. The van der Waals surface area contributed by atoms with E-state index in [0.717, 1.165) is 25.8 Å². The van der Waals surface area contributed by atoms with Crippen LogP contribution in [-0.2, 0) is 9.53 Å². The van der Waals surface area contributed by atoms with Crippen molar-refractivity contribution in [1.29, 1.82) is 0 Å². The minimum absolute atomic E-state index is 0.0365. The van der Waals surface area contributed by atoms with Crippen LogP contribution in [0.3, 0.4) is 0 Å². The molecule has 1 aliphatic rings. The molecule has 4 nitrogen and oxygen atoms in total. The maximum absolute atomic E-state index is 12.5. The number of hydrogen-bond acceptors (Lipinski definition) is 4. The largest absolute Gasteiger partial charge is 0.468 e. The van der Waals surface area contributed by atoms with Crippen LogP contribution >= 0.6 is 0 Å². The molecular formula is C18H23NO3. The van der Waals surface area contributed by atoms with Crippen LogP contribution < -0.4 is 0 Å². The zero-order chi connectivity index (χ0) is 16.0. The molecule has 0 aliphatic carbocycles. The van der Waals surface area contributed by atoms with E-state index < -0.39 is 5.54 Å². The van der Waals surface area contributed by atoms with Crippen LogP contribution in [-0.4, -0.2) is 42.4 Å². The Morgan fingerprint density at radius 2 is 2.09 bits per heavy atom. The number of esters is 1. The monoisotopic (exact) mass is 301 g/mol. The van der Waals surface area contributed by atoms with Gasteiger partial charge in [0.1, 0.15) is 5.54 Å². The maximum Gasteiger partial charge on any atom is 0.326 e. The second kappa shape index (κ2) is 7.36. The lowest BCUT2D eigenvalue weighted by atomic mass is 9.90. The van der Waals surface area contributed by atoms with E-state index in [4.69, 9.17) is 4.74 Å². The van der Waals surface area contributed by atoms with Gasteiger partial charge in [-0.25, -0.2) is 0 Å². The molecule has 0 saturated carbocycles. The minimum Gasteiger partial charge on any atom is -0.468 e. The summed E-state index contributed by atoms with van der Waals surface area (Å²) in [6, 6.07) is 9.20. The molecule has 4 heteroatoms. The average Bonchev–Trinajstić information content (AvgIpc) is 2.96. The number of rotatable bonds is 7. The summed E-state index contributed by atoms with van der Waals surface area (Å²) in [5.41, 5.74) is -0.00945. The number of methoxy groups -OCH3 is 1. The number of ketones is 1. The van der Waals surface area contributed by atoms with E-state index in [1.807, 2.05) is 35.2 Å². The van der Waals surface area contributed by atoms with Crippen molar-refractivity contribution in [3.05, 3.63) is 48.6 Å². The highest BCUT2D eigenvalue weighted by atomic mass is 16.5. The fourth-order valence-corrected chi connectivity index (χ4v) is 3.20. The van der Waals surface area contributed by atoms with Crippen molar-refractivity contribution in [3.63, 3.8) is 0 Å². The van der Waals surface area contributed by atoms with Crippen molar-refractivity contribution in [2.24, 2.45) is 0 Å². The summed E-state index contributed by atoms with van der Waals surface area (Å²) < 4.78 is 5.03. The number of carbonyl (C=O) groups is 2. The second-order valence-corrected chi connectivity index (χ2v) is 5.66. The van der Waals surface area contributed by atoms with Crippen molar-refractivity contribution in [2.45, 2.75) is 31.2 Å². The van der Waals surface area contributed by atoms with E-state index in [1.165, 1.54) is 7.11 Å². The molecule has 0 radical (unpaired) electrons. The highest BCUT2D eigenvalue weighted by Crippen LogP contribution is 2.35. The molecule has 0 spiro atoms. The summed E-state index contributed by atoms with van der Waals surface area (Å²) in [6.45, 7) is 4.72. The molecule has 0 amide bonds. The van der Waals surface area contributed by atoms with Crippen molar-refractivity contribution < 1.29 is 14.3 Å². The molecule has 1 aromatic carbocycles. The van der Waals surface area contributed by atoms with Crippen LogP contribution in [0.4, 0.5) is 0 Å². The molecule has 1 aliphatic heterocycles. The number of ether oxygens (including phenoxy) is 1. The number of allylic oxidation sites excluding steroid dienone is 1. The number of carbonyl (C=O) groups excluding carboxylic acids is 2. The molecule has 1 saturated heterocycles. The summed E-state index contributed by atoms with van der Waals surface area (Å²) in [4.78, 5) is 26.8. The number of Topliss-reactive ketones (excluding diaryl/α,β-unsaturated/α-hetero) is 1. The van der Waals surface area contributed by atoms with Crippen LogP contribution in [0.25, 0.3) is 0 Å². The van der Waals surface area contributed by atoms with E-state index in [1.54, 1.807) is 6.08 Å². The smallest absolute Gasteiger partial charge is 0.326 e. The van der Waals surface area contributed by atoms with Crippen LogP contribution in [0.5, 0.6) is 0 Å². The molecule has 1 fully saturated rings. The summed E-state index contributed by atoms with van der Waals surface area (Å²) >= 11 is 0. The Labute approximate surface area is 131 Å². The first-order valence-corrected chi connectivity index (χ1v) is 7.66. The predicted molar refractivity (Wildman–Crippen MR) is 85.8 cm³/mol. The van der Waals surface area contributed by atoms with Crippen molar-refractivity contribution in [1.82, 2.24) is 4.90 Å². The molecule has 1 unspecified atom stereocenters. The van der Waals surface area contributed by atoms with E-state index in [2.05, 4.69) is 6.58 Å². The zero-order valence-corrected chi connectivity index (χ0v) is 13.1. The Morgan fingerprint density at radius 3 is 2.73 bits per heavy atom. The van der Waals surface area contributed by atoms with E-state index >= 15 is 0 Å². The summed E-state index contributed by atoms with van der Waals surface area (Å²) in [7, 11) is 1.41. The number of hydrogen-bond donors (Lipinski definition) is 0. The highest BCUT2D eigenvalue weighted by Gasteiger charge is 2.48. The molecule has 118 valence electrons. The van der Waals surface area contributed by atoms with Crippen molar-refractivity contribution in [3.8, 4) is 0 Å². The van der Waals surface area contributed by atoms with Gasteiger partial charge in [0.25, 0.3) is 0 Å². The van der Waals surface area contributed by atoms with Gasteiger partial charge in [0.15, 0.2) is 5.78 Å². The molecule has 0 bridgehead atoms. The Hall–Kier alpha value is -1.94. The Morgan fingerprint density at radius 1 is 1.36 bits per heavy atom. The first-order valence-electron chi connectivity index (χ1n) is 7.66. The lowest BCUT2D eigenvalue weighted by molar-refractivity contribution is -0.153. The third kappa shape index (κ3) is 3.28. The molecule has 1 atom stereocenters. The van der Waals surface area contributed by atoms with Gasteiger partial charge in [-0.3, -0.25) is 14.5 Å². The molecule has 22 heavy (non-hydrogen) atoms. The van der Waals surface area contributed by atoms with Crippen LogP contribution in [0, 0.1) is 0 Å². The molecule has 2 rings (SSSR count). The SMILES string of the molecule is C=CCCC1(C(=O)OC)CCCN1CC(=O)c1ccccc1. The van der Waals surface area contributed by atoms with Gasteiger partial charge < -0.3 is 4.74 Å². The second-order valence-electron chi connectivity index (χ2n) is 5.66. The number of benzene rings is 1. The van der Waals surface area contributed by atoms with Gasteiger partial charge in [-0.05, 0) is 32.2 Å². The van der Waals surface area contributed by atoms with Crippen molar-refractivity contribution >= 4 is 11.8 Å². The maximum atomic E-state index is 12.5. The Balaban J connectivity index is 2.18. The topological polar surface area (TPSA) is 46.6 Å². The highest BCUT2D eigenvalue weighted by molar-refractivity contribution is 5.98. The first-order chi connectivity index (χ1) is 10.6. The van der Waals surface area contributed by atoms with Crippen LogP contribution in [0.2, 0.25) is 0 Å².